The zero-order chi connectivity index (χ0) is 22.3. The van der Waals surface area contributed by atoms with Gasteiger partial charge in [-0.15, -0.1) is 0 Å². The molecule has 1 amide bonds. The van der Waals surface area contributed by atoms with E-state index in [4.69, 9.17) is 9.15 Å². The number of benzene rings is 2. The first kappa shape index (κ1) is 20.5. The number of anilines is 1. The van der Waals surface area contributed by atoms with E-state index in [-0.39, 0.29) is 11.3 Å². The summed E-state index contributed by atoms with van der Waals surface area (Å²) in [5.74, 6) is -0.683. The van der Waals surface area contributed by atoms with Gasteiger partial charge in [0.25, 0.3) is 11.7 Å². The fourth-order valence-electron chi connectivity index (χ4n) is 4.08. The molecule has 1 aromatic heterocycles. The van der Waals surface area contributed by atoms with Crippen molar-refractivity contribution in [3.05, 3.63) is 88.4 Å². The number of methoxy groups -OCH3 is 1. The molecule has 0 bridgehead atoms. The quantitative estimate of drug-likeness (QED) is 0.373. The molecule has 1 fully saturated rings. The number of ketones is 1. The number of furan rings is 1. The van der Waals surface area contributed by atoms with E-state index in [1.807, 2.05) is 32.0 Å². The smallest absolute Gasteiger partial charge is 0.300 e. The Kier molecular flexibility index (Phi) is 5.15. The summed E-state index contributed by atoms with van der Waals surface area (Å²) in [5.41, 5.74) is 3.66. The minimum absolute atomic E-state index is 0.00706. The lowest BCUT2D eigenvalue weighted by Gasteiger charge is -2.24. The molecule has 1 aliphatic heterocycles. The molecular weight excluding hydrogens is 394 g/mol. The molecule has 3 aromatic rings. The van der Waals surface area contributed by atoms with Crippen molar-refractivity contribution in [1.82, 2.24) is 0 Å². The molecule has 1 N–H and O–H groups in total. The number of hydrogen-bond donors (Lipinski definition) is 1. The number of aliphatic hydroxyl groups is 1. The standard InChI is InChI=1S/C25H23NO5/c1-14-10-15(2)12-17(11-14)26-22(20-6-5-9-31-20)21(24(28)25(26)29)23(27)19-8-7-18(30-4)13-16(19)3/h5-13,22,27H,1-4H3/b23-21-. The van der Waals surface area contributed by atoms with Crippen LogP contribution < -0.4 is 9.64 Å². The summed E-state index contributed by atoms with van der Waals surface area (Å²) >= 11 is 0. The van der Waals surface area contributed by atoms with E-state index in [1.165, 1.54) is 11.2 Å². The van der Waals surface area contributed by atoms with E-state index in [0.29, 0.717) is 28.3 Å². The maximum absolute atomic E-state index is 13.1. The van der Waals surface area contributed by atoms with Crippen LogP contribution >= 0.6 is 0 Å². The third kappa shape index (κ3) is 3.50. The summed E-state index contributed by atoms with van der Waals surface area (Å²) in [5, 5.41) is 11.2. The maximum atomic E-state index is 13.1. The number of Topliss-reactive ketones (excluding diaryl/α,β-unsaturated/α-hetero) is 1. The highest BCUT2D eigenvalue weighted by Crippen LogP contribution is 2.43. The van der Waals surface area contributed by atoms with Crippen LogP contribution in [-0.4, -0.2) is 23.9 Å². The third-order valence-electron chi connectivity index (χ3n) is 5.43. The fraction of sp³-hybridized carbons (Fsp3) is 0.200. The molecule has 1 saturated heterocycles. The van der Waals surface area contributed by atoms with Crippen LogP contribution in [0.1, 0.15) is 34.1 Å². The second-order valence-electron chi connectivity index (χ2n) is 7.71. The molecule has 0 saturated carbocycles. The second kappa shape index (κ2) is 7.80. The first-order valence-electron chi connectivity index (χ1n) is 9.89. The van der Waals surface area contributed by atoms with E-state index in [0.717, 1.165) is 11.1 Å². The van der Waals surface area contributed by atoms with Crippen LogP contribution in [-0.2, 0) is 9.59 Å². The molecule has 4 rings (SSSR count). The molecule has 1 aliphatic rings. The highest BCUT2D eigenvalue weighted by molar-refractivity contribution is 6.51. The minimum Gasteiger partial charge on any atom is -0.507 e. The average Bonchev–Trinajstić information content (AvgIpc) is 3.34. The lowest BCUT2D eigenvalue weighted by molar-refractivity contribution is -0.132. The van der Waals surface area contributed by atoms with Gasteiger partial charge in [0, 0.05) is 11.3 Å². The van der Waals surface area contributed by atoms with Gasteiger partial charge in [0.2, 0.25) is 0 Å². The number of ether oxygens (including phenoxy) is 1. The van der Waals surface area contributed by atoms with Crippen molar-refractivity contribution in [2.75, 3.05) is 12.0 Å². The Bertz CT molecular complexity index is 1190. The topological polar surface area (TPSA) is 80.0 Å². The molecule has 0 radical (unpaired) electrons. The molecule has 1 atom stereocenters. The average molecular weight is 417 g/mol. The first-order chi connectivity index (χ1) is 14.8. The Morgan fingerprint density at radius 3 is 2.32 bits per heavy atom. The van der Waals surface area contributed by atoms with Crippen molar-refractivity contribution in [2.24, 2.45) is 0 Å². The lowest BCUT2D eigenvalue weighted by Crippen LogP contribution is -2.29. The van der Waals surface area contributed by atoms with Crippen molar-refractivity contribution in [1.29, 1.82) is 0 Å². The van der Waals surface area contributed by atoms with Crippen molar-refractivity contribution in [3.8, 4) is 5.75 Å². The number of aryl methyl sites for hydroxylation is 3. The van der Waals surface area contributed by atoms with Gasteiger partial charge >= 0.3 is 0 Å². The monoisotopic (exact) mass is 417 g/mol. The van der Waals surface area contributed by atoms with Gasteiger partial charge in [-0.25, -0.2) is 0 Å². The van der Waals surface area contributed by atoms with Crippen LogP contribution in [0.2, 0.25) is 0 Å². The van der Waals surface area contributed by atoms with Gasteiger partial charge in [-0.2, -0.15) is 0 Å². The zero-order valence-corrected chi connectivity index (χ0v) is 17.8. The fourth-order valence-corrected chi connectivity index (χ4v) is 4.08. The van der Waals surface area contributed by atoms with Crippen molar-refractivity contribution < 1.29 is 23.8 Å². The van der Waals surface area contributed by atoms with Crippen molar-refractivity contribution in [2.45, 2.75) is 26.8 Å². The van der Waals surface area contributed by atoms with Gasteiger partial charge in [0.1, 0.15) is 23.3 Å². The summed E-state index contributed by atoms with van der Waals surface area (Å²) in [6.45, 7) is 5.66. The van der Waals surface area contributed by atoms with Crippen LogP contribution in [0.3, 0.4) is 0 Å². The highest BCUT2D eigenvalue weighted by atomic mass is 16.5. The number of hydrogen-bond acceptors (Lipinski definition) is 5. The molecule has 1 unspecified atom stereocenters. The Labute approximate surface area is 180 Å². The molecule has 0 spiro atoms. The lowest BCUT2D eigenvalue weighted by atomic mass is 9.96. The summed E-state index contributed by atoms with van der Waals surface area (Å²) in [6, 6.07) is 13.3. The van der Waals surface area contributed by atoms with Gasteiger partial charge in [-0.1, -0.05) is 6.07 Å². The summed E-state index contributed by atoms with van der Waals surface area (Å²) < 4.78 is 10.8. The van der Waals surface area contributed by atoms with Gasteiger partial charge in [0.05, 0.1) is 18.9 Å². The van der Waals surface area contributed by atoms with E-state index >= 15 is 0 Å². The van der Waals surface area contributed by atoms with Gasteiger partial charge in [-0.05, 0) is 79.9 Å². The van der Waals surface area contributed by atoms with Crippen LogP contribution in [0.5, 0.6) is 5.75 Å². The normalized spacial score (nSPS) is 17.9. The van der Waals surface area contributed by atoms with Crippen molar-refractivity contribution >= 4 is 23.1 Å². The van der Waals surface area contributed by atoms with Gasteiger partial charge in [0.15, 0.2) is 0 Å². The van der Waals surface area contributed by atoms with Crippen LogP contribution in [0.25, 0.3) is 5.76 Å². The highest BCUT2D eigenvalue weighted by Gasteiger charge is 2.48. The molecule has 31 heavy (non-hydrogen) atoms. The second-order valence-corrected chi connectivity index (χ2v) is 7.71. The number of carbonyl (C=O) groups excluding carboxylic acids is 2. The largest absolute Gasteiger partial charge is 0.507 e. The van der Waals surface area contributed by atoms with E-state index in [9.17, 15) is 14.7 Å². The number of nitrogens with zero attached hydrogens (tertiary/aromatic N) is 1. The van der Waals surface area contributed by atoms with Crippen LogP contribution in [0.4, 0.5) is 5.69 Å². The summed E-state index contributed by atoms with van der Waals surface area (Å²) in [4.78, 5) is 27.7. The van der Waals surface area contributed by atoms with Crippen LogP contribution in [0, 0.1) is 20.8 Å². The first-order valence-corrected chi connectivity index (χ1v) is 9.89. The molecule has 2 heterocycles. The third-order valence-corrected chi connectivity index (χ3v) is 5.43. The van der Waals surface area contributed by atoms with Gasteiger partial charge < -0.3 is 14.3 Å². The summed E-state index contributed by atoms with van der Waals surface area (Å²) in [6.07, 6.45) is 1.48. The van der Waals surface area contributed by atoms with Crippen LogP contribution in [0.15, 0.2) is 64.8 Å². The Morgan fingerprint density at radius 2 is 1.74 bits per heavy atom. The Morgan fingerprint density at radius 1 is 1.03 bits per heavy atom. The predicted octanol–water partition coefficient (Wildman–Crippen LogP) is 4.84. The number of amides is 1. The molecule has 6 nitrogen and oxygen atoms in total. The van der Waals surface area contributed by atoms with E-state index < -0.39 is 17.7 Å². The predicted molar refractivity (Wildman–Crippen MR) is 117 cm³/mol. The minimum atomic E-state index is -0.877. The molecule has 6 heteroatoms. The Hall–Kier alpha value is -3.80. The van der Waals surface area contributed by atoms with E-state index in [1.54, 1.807) is 44.4 Å². The molecule has 0 aliphatic carbocycles. The van der Waals surface area contributed by atoms with Crippen molar-refractivity contribution in [3.63, 3.8) is 0 Å². The molecular formula is C25H23NO5. The zero-order valence-electron chi connectivity index (χ0n) is 17.8. The molecule has 2 aromatic carbocycles. The Balaban J connectivity index is 1.94. The molecule has 158 valence electrons. The maximum Gasteiger partial charge on any atom is 0.300 e. The number of carbonyl (C=O) groups is 2. The SMILES string of the molecule is COc1ccc(/C(O)=C2/C(=O)C(=O)N(c3cc(C)cc(C)c3)C2c2ccco2)c(C)c1. The summed E-state index contributed by atoms with van der Waals surface area (Å²) in [7, 11) is 1.56. The van der Waals surface area contributed by atoms with Gasteiger partial charge in [-0.3, -0.25) is 14.5 Å². The number of aliphatic hydroxyl groups excluding tert-OH is 1. The number of rotatable bonds is 4. The van der Waals surface area contributed by atoms with E-state index in [2.05, 4.69) is 0 Å².